The molecule has 2 aromatic carbocycles. The van der Waals surface area contributed by atoms with Gasteiger partial charge in [0.2, 0.25) is 0 Å². The van der Waals surface area contributed by atoms with Crippen molar-refractivity contribution in [3.63, 3.8) is 0 Å². The molecule has 1 aliphatic carbocycles. The number of rotatable bonds is 4. The molecule has 1 aliphatic rings. The fourth-order valence-corrected chi connectivity index (χ4v) is 4.88. The molecule has 1 saturated carbocycles. The first-order chi connectivity index (χ1) is 16.0. The van der Waals surface area contributed by atoms with E-state index in [1.54, 1.807) is 24.4 Å². The lowest BCUT2D eigenvalue weighted by molar-refractivity contribution is 0.102. The number of halogens is 2. The quantitative estimate of drug-likeness (QED) is 0.325. The van der Waals surface area contributed by atoms with Crippen LogP contribution >= 0.6 is 23.2 Å². The van der Waals surface area contributed by atoms with Gasteiger partial charge in [0, 0.05) is 18.1 Å². The van der Waals surface area contributed by atoms with E-state index in [0.29, 0.717) is 33.0 Å². The summed E-state index contributed by atoms with van der Waals surface area (Å²) in [5, 5.41) is 3.64. The predicted molar refractivity (Wildman–Crippen MR) is 135 cm³/mol. The first-order valence-corrected chi connectivity index (χ1v) is 12.1. The molecule has 4 nitrogen and oxygen atoms in total. The van der Waals surface area contributed by atoms with Crippen molar-refractivity contribution in [1.82, 2.24) is 9.38 Å². The molecule has 0 saturated heterocycles. The molecule has 4 aromatic rings. The Hall–Kier alpha value is -2.82. The van der Waals surface area contributed by atoms with Crippen molar-refractivity contribution in [1.29, 1.82) is 0 Å². The highest BCUT2D eigenvalue weighted by molar-refractivity contribution is 6.42. The van der Waals surface area contributed by atoms with Gasteiger partial charge in [-0.15, -0.1) is 0 Å². The van der Waals surface area contributed by atoms with Crippen LogP contribution in [0, 0.1) is 5.92 Å². The van der Waals surface area contributed by atoms with Crippen molar-refractivity contribution in [3.05, 3.63) is 88.3 Å². The maximum Gasteiger partial charge on any atom is 0.275 e. The molecule has 5 rings (SSSR count). The minimum Gasteiger partial charge on any atom is -0.321 e. The summed E-state index contributed by atoms with van der Waals surface area (Å²) in [6.07, 6.45) is 8.97. The highest BCUT2D eigenvalue weighted by Crippen LogP contribution is 2.36. The van der Waals surface area contributed by atoms with E-state index < -0.39 is 0 Å². The molecule has 0 bridgehead atoms. The van der Waals surface area contributed by atoms with Crippen LogP contribution in [0.15, 0.2) is 67.0 Å². The number of fused-ring (bicyclic) bond motifs is 1. The Morgan fingerprint density at radius 2 is 1.64 bits per heavy atom. The molecule has 1 fully saturated rings. The van der Waals surface area contributed by atoms with E-state index in [0.717, 1.165) is 17.0 Å². The molecule has 1 amide bonds. The Morgan fingerprint density at radius 1 is 0.909 bits per heavy atom. The van der Waals surface area contributed by atoms with Crippen LogP contribution in [0.1, 0.15) is 54.6 Å². The molecular weight excluding hydrogens is 453 g/mol. The number of amides is 1. The summed E-state index contributed by atoms with van der Waals surface area (Å²) in [6.45, 7) is 2.36. The molecule has 6 heteroatoms. The average Bonchev–Trinajstić information content (AvgIpc) is 3.26. The maximum atomic E-state index is 12.7. The second-order valence-electron chi connectivity index (χ2n) is 8.97. The summed E-state index contributed by atoms with van der Waals surface area (Å²) in [7, 11) is 0. The van der Waals surface area contributed by atoms with Crippen LogP contribution in [0.3, 0.4) is 0 Å². The number of carbonyl (C=O) groups excluding carboxylic acids is 1. The van der Waals surface area contributed by atoms with Gasteiger partial charge in [-0.05, 0) is 71.7 Å². The van der Waals surface area contributed by atoms with Crippen molar-refractivity contribution < 1.29 is 4.79 Å². The number of nitrogens with zero attached hydrogens (tertiary/aromatic N) is 2. The van der Waals surface area contributed by atoms with Crippen molar-refractivity contribution in [2.45, 2.75) is 38.5 Å². The van der Waals surface area contributed by atoms with Gasteiger partial charge in [0.05, 0.1) is 10.0 Å². The Bertz CT molecular complexity index is 1300. The zero-order chi connectivity index (χ0) is 22.9. The largest absolute Gasteiger partial charge is 0.321 e. The summed E-state index contributed by atoms with van der Waals surface area (Å²) < 4.78 is 1.88. The van der Waals surface area contributed by atoms with Crippen LogP contribution in [0.4, 0.5) is 5.69 Å². The minimum atomic E-state index is -0.301. The Morgan fingerprint density at radius 3 is 2.36 bits per heavy atom. The molecule has 2 aromatic heterocycles. The zero-order valence-corrected chi connectivity index (χ0v) is 19.9. The second kappa shape index (κ2) is 9.20. The lowest BCUT2D eigenvalue weighted by Crippen LogP contribution is -2.12. The third kappa shape index (κ3) is 4.78. The number of pyridine rings is 1. The third-order valence-corrected chi connectivity index (χ3v) is 7.33. The van der Waals surface area contributed by atoms with Crippen LogP contribution in [0.5, 0.6) is 0 Å². The Kier molecular flexibility index (Phi) is 6.13. The summed E-state index contributed by atoms with van der Waals surface area (Å²) in [6, 6.07) is 17.9. The standard InChI is InChI=1S/C27H25Cl2N3O/c1-17-2-4-18(5-3-17)19-6-8-20(9-7-19)21-10-13-26-31-25(16-32(26)15-21)27(33)30-22-11-12-23(28)24(29)14-22/h6-18H,2-5H2,1H3,(H,30,33). The highest BCUT2D eigenvalue weighted by atomic mass is 35.5. The van der Waals surface area contributed by atoms with Gasteiger partial charge >= 0.3 is 0 Å². The average molecular weight is 478 g/mol. The van der Waals surface area contributed by atoms with E-state index in [1.165, 1.54) is 31.2 Å². The van der Waals surface area contributed by atoms with Gasteiger partial charge in [0.1, 0.15) is 11.3 Å². The van der Waals surface area contributed by atoms with Crippen molar-refractivity contribution in [3.8, 4) is 11.1 Å². The van der Waals surface area contributed by atoms with Gasteiger partial charge in [0.15, 0.2) is 0 Å². The topological polar surface area (TPSA) is 46.4 Å². The van der Waals surface area contributed by atoms with Crippen molar-refractivity contribution in [2.24, 2.45) is 5.92 Å². The molecule has 0 radical (unpaired) electrons. The number of hydrogen-bond acceptors (Lipinski definition) is 2. The predicted octanol–water partition coefficient (Wildman–Crippen LogP) is 7.85. The molecule has 2 heterocycles. The Labute approximate surface area is 203 Å². The van der Waals surface area contributed by atoms with Gasteiger partial charge in [-0.25, -0.2) is 4.98 Å². The molecule has 33 heavy (non-hydrogen) atoms. The lowest BCUT2D eigenvalue weighted by Gasteiger charge is -2.26. The third-order valence-electron chi connectivity index (χ3n) is 6.59. The number of aromatic nitrogens is 2. The summed E-state index contributed by atoms with van der Waals surface area (Å²) in [4.78, 5) is 17.1. The first kappa shape index (κ1) is 22.0. The number of anilines is 1. The summed E-state index contributed by atoms with van der Waals surface area (Å²) in [5.41, 5.74) is 5.29. The van der Waals surface area contributed by atoms with E-state index in [-0.39, 0.29) is 5.91 Å². The van der Waals surface area contributed by atoms with Gasteiger partial charge in [-0.3, -0.25) is 4.79 Å². The van der Waals surface area contributed by atoms with Crippen molar-refractivity contribution >= 4 is 40.4 Å². The van der Waals surface area contributed by atoms with E-state index in [4.69, 9.17) is 23.2 Å². The molecule has 0 aliphatic heterocycles. The number of imidazole rings is 1. The van der Waals surface area contributed by atoms with Crippen molar-refractivity contribution in [2.75, 3.05) is 5.32 Å². The number of benzene rings is 2. The van der Waals surface area contributed by atoms with Crippen LogP contribution in [-0.2, 0) is 0 Å². The van der Waals surface area contributed by atoms with Crippen LogP contribution in [-0.4, -0.2) is 15.3 Å². The van der Waals surface area contributed by atoms with Gasteiger partial charge < -0.3 is 9.72 Å². The monoisotopic (exact) mass is 477 g/mol. The van der Waals surface area contributed by atoms with Crippen LogP contribution < -0.4 is 5.32 Å². The molecule has 168 valence electrons. The summed E-state index contributed by atoms with van der Waals surface area (Å²) >= 11 is 12.0. The SMILES string of the molecule is CC1CCC(c2ccc(-c3ccc4nc(C(=O)Nc5ccc(Cl)c(Cl)c5)cn4c3)cc2)CC1. The molecule has 0 unspecified atom stereocenters. The van der Waals surface area contributed by atoms with E-state index in [9.17, 15) is 4.79 Å². The number of hydrogen-bond donors (Lipinski definition) is 1. The molecule has 1 N–H and O–H groups in total. The minimum absolute atomic E-state index is 0.301. The van der Waals surface area contributed by atoms with Crippen LogP contribution in [0.25, 0.3) is 16.8 Å². The van der Waals surface area contributed by atoms with E-state index in [2.05, 4.69) is 41.5 Å². The zero-order valence-electron chi connectivity index (χ0n) is 18.4. The molecule has 0 atom stereocenters. The smallest absolute Gasteiger partial charge is 0.275 e. The van der Waals surface area contributed by atoms with Crippen LogP contribution in [0.2, 0.25) is 10.0 Å². The van der Waals surface area contributed by atoms with E-state index in [1.807, 2.05) is 22.7 Å². The Balaban J connectivity index is 1.33. The van der Waals surface area contributed by atoms with Gasteiger partial charge in [0.25, 0.3) is 5.91 Å². The first-order valence-electron chi connectivity index (χ1n) is 11.3. The number of carbonyl (C=O) groups is 1. The summed E-state index contributed by atoms with van der Waals surface area (Å²) in [5.74, 6) is 1.24. The maximum absolute atomic E-state index is 12.7. The highest BCUT2D eigenvalue weighted by Gasteiger charge is 2.19. The van der Waals surface area contributed by atoms with Gasteiger partial charge in [-0.2, -0.15) is 0 Å². The molecule has 0 spiro atoms. The lowest BCUT2D eigenvalue weighted by atomic mass is 9.79. The van der Waals surface area contributed by atoms with Gasteiger partial charge in [-0.1, -0.05) is 67.2 Å². The molecular formula is C27H25Cl2N3O. The second-order valence-corrected chi connectivity index (χ2v) is 9.79. The fourth-order valence-electron chi connectivity index (χ4n) is 4.58. The normalized spacial score (nSPS) is 18.4. The number of nitrogens with one attached hydrogen (secondary N) is 1. The van der Waals surface area contributed by atoms with E-state index >= 15 is 0 Å². The fraction of sp³-hybridized carbons (Fsp3) is 0.259.